The zero-order chi connectivity index (χ0) is 29.1. The predicted molar refractivity (Wildman–Crippen MR) is 141 cm³/mol. The molecule has 2 fully saturated rings. The van der Waals surface area contributed by atoms with Crippen molar-refractivity contribution in [2.75, 3.05) is 23.3 Å². The van der Waals surface area contributed by atoms with Crippen LogP contribution in [0.15, 0.2) is 36.7 Å². The maximum atomic E-state index is 14.9. The van der Waals surface area contributed by atoms with E-state index in [1.54, 1.807) is 17.6 Å². The van der Waals surface area contributed by atoms with Crippen molar-refractivity contribution in [3.05, 3.63) is 53.6 Å². The highest BCUT2D eigenvalue weighted by Crippen LogP contribution is 2.46. The second kappa shape index (κ2) is 9.79. The first-order valence-electron chi connectivity index (χ1n) is 13.3. The maximum Gasteiger partial charge on any atom is 0.391 e. The average Bonchev–Trinajstić information content (AvgIpc) is 3.51. The van der Waals surface area contributed by atoms with Crippen molar-refractivity contribution in [2.24, 2.45) is 5.92 Å². The van der Waals surface area contributed by atoms with Gasteiger partial charge in [0.25, 0.3) is 5.91 Å². The van der Waals surface area contributed by atoms with Gasteiger partial charge in [0.15, 0.2) is 0 Å². The fourth-order valence-corrected chi connectivity index (χ4v) is 5.29. The van der Waals surface area contributed by atoms with Gasteiger partial charge in [0.1, 0.15) is 5.82 Å². The Kier molecular flexibility index (Phi) is 6.47. The van der Waals surface area contributed by atoms with Crippen molar-refractivity contribution in [3.63, 3.8) is 0 Å². The Morgan fingerprint density at radius 1 is 1.17 bits per heavy atom. The molecule has 1 amide bonds. The lowest BCUT2D eigenvalue weighted by molar-refractivity contribution is -0.203. The monoisotopic (exact) mass is 572 g/mol. The van der Waals surface area contributed by atoms with E-state index < -0.39 is 35.5 Å². The smallest absolute Gasteiger partial charge is 0.390 e. The van der Waals surface area contributed by atoms with Crippen LogP contribution in [0.5, 0.6) is 0 Å². The number of benzene rings is 1. The fourth-order valence-electron chi connectivity index (χ4n) is 5.29. The molecule has 0 spiro atoms. The van der Waals surface area contributed by atoms with E-state index in [4.69, 9.17) is 0 Å². The molecule has 1 aliphatic heterocycles. The Morgan fingerprint density at radius 3 is 2.61 bits per heavy atom. The first-order valence-corrected chi connectivity index (χ1v) is 13.3. The molecule has 1 saturated carbocycles. The summed E-state index contributed by atoms with van der Waals surface area (Å²) < 4.78 is 55.1. The zero-order valence-electron chi connectivity index (χ0n) is 22.4. The van der Waals surface area contributed by atoms with Crippen LogP contribution in [0.1, 0.15) is 54.6 Å². The molecule has 0 bridgehead atoms. The molecular weight excluding hydrogens is 544 g/mol. The largest absolute Gasteiger partial charge is 0.391 e. The number of nitrogens with zero attached hydrogens (tertiary/aromatic N) is 7. The number of halogens is 4. The van der Waals surface area contributed by atoms with Crippen LogP contribution in [0.2, 0.25) is 0 Å². The number of hydrogen-bond donors (Lipinski definition) is 2. The van der Waals surface area contributed by atoms with Gasteiger partial charge in [-0.1, -0.05) is 0 Å². The van der Waals surface area contributed by atoms with Gasteiger partial charge in [0.2, 0.25) is 5.82 Å². The third kappa shape index (κ3) is 5.23. The number of aliphatic hydroxyl groups is 1. The van der Waals surface area contributed by atoms with E-state index in [9.17, 15) is 27.5 Å². The zero-order valence-corrected chi connectivity index (χ0v) is 22.4. The van der Waals surface area contributed by atoms with Gasteiger partial charge in [-0.3, -0.25) is 4.79 Å². The molecule has 1 saturated heterocycles. The van der Waals surface area contributed by atoms with Gasteiger partial charge in [-0.25, -0.2) is 8.91 Å². The van der Waals surface area contributed by atoms with Crippen molar-refractivity contribution < 1.29 is 27.5 Å². The lowest BCUT2D eigenvalue weighted by atomic mass is 9.80. The van der Waals surface area contributed by atoms with Gasteiger partial charge < -0.3 is 15.3 Å². The van der Waals surface area contributed by atoms with E-state index in [1.165, 1.54) is 18.3 Å². The highest BCUT2D eigenvalue weighted by atomic mass is 19.4. The minimum Gasteiger partial charge on any atom is -0.390 e. The van der Waals surface area contributed by atoms with Crippen LogP contribution >= 0.6 is 0 Å². The van der Waals surface area contributed by atoms with E-state index in [1.807, 2.05) is 19.1 Å². The summed E-state index contributed by atoms with van der Waals surface area (Å²) in [6.07, 6.45) is -0.0938. The molecule has 2 aliphatic rings. The molecule has 1 aliphatic carbocycles. The molecule has 0 radical (unpaired) electrons. The Balaban J connectivity index is 1.21. The summed E-state index contributed by atoms with van der Waals surface area (Å²) in [5.74, 6) is -2.60. The average molecular weight is 573 g/mol. The van der Waals surface area contributed by atoms with Gasteiger partial charge in [0.05, 0.1) is 40.4 Å². The van der Waals surface area contributed by atoms with Crippen LogP contribution in [0.3, 0.4) is 0 Å². The highest BCUT2D eigenvalue weighted by molar-refractivity contribution is 6.09. The number of anilines is 2. The highest BCUT2D eigenvalue weighted by Gasteiger charge is 2.49. The summed E-state index contributed by atoms with van der Waals surface area (Å²) in [6, 6.07) is 5.84. The van der Waals surface area contributed by atoms with E-state index in [-0.39, 0.29) is 24.2 Å². The number of aromatic nitrogens is 6. The number of tetrazole rings is 1. The second-order valence-corrected chi connectivity index (χ2v) is 11.2. The number of amides is 1. The molecule has 14 heteroatoms. The fraction of sp³-hybridized carbons (Fsp3) is 0.444. The number of piperidine rings is 1. The van der Waals surface area contributed by atoms with Crippen LogP contribution in [0.25, 0.3) is 16.9 Å². The number of aryl methyl sites for hydroxylation is 1. The molecule has 2 N–H and O–H groups in total. The quantitative estimate of drug-likeness (QED) is 0.337. The number of pyridine rings is 1. The van der Waals surface area contributed by atoms with Crippen LogP contribution < -0.4 is 10.2 Å². The second-order valence-electron chi connectivity index (χ2n) is 11.2. The number of fused-ring (bicyclic) bond motifs is 1. The molecule has 3 aromatic heterocycles. The van der Waals surface area contributed by atoms with E-state index in [0.717, 1.165) is 10.5 Å². The molecule has 6 rings (SSSR count). The van der Waals surface area contributed by atoms with Gasteiger partial charge in [-0.05, 0) is 74.6 Å². The Hall–Kier alpha value is -4.07. The van der Waals surface area contributed by atoms with Crippen LogP contribution in [-0.2, 0) is 0 Å². The van der Waals surface area contributed by atoms with Crippen molar-refractivity contribution in [1.29, 1.82) is 0 Å². The number of rotatable bonds is 5. The third-order valence-corrected chi connectivity index (χ3v) is 8.09. The van der Waals surface area contributed by atoms with E-state index >= 15 is 0 Å². The normalized spacial score (nSPS) is 20.7. The summed E-state index contributed by atoms with van der Waals surface area (Å²) in [5.41, 5.74) is 1.85. The van der Waals surface area contributed by atoms with Gasteiger partial charge in [0, 0.05) is 30.7 Å². The van der Waals surface area contributed by atoms with Crippen molar-refractivity contribution in [3.8, 4) is 11.4 Å². The number of carbonyl (C=O) groups excluding carboxylic acids is 1. The molecule has 10 nitrogen and oxygen atoms in total. The van der Waals surface area contributed by atoms with Crippen molar-refractivity contribution in [2.45, 2.75) is 57.3 Å². The van der Waals surface area contributed by atoms with Crippen LogP contribution in [0.4, 0.5) is 28.9 Å². The number of hydrogen-bond acceptors (Lipinski definition) is 7. The third-order valence-electron chi connectivity index (χ3n) is 8.09. The Bertz CT molecular complexity index is 1610. The van der Waals surface area contributed by atoms with Gasteiger partial charge in [-0.15, -0.1) is 10.2 Å². The molecular formula is C27H28F4N8O2. The minimum atomic E-state index is -4.27. The summed E-state index contributed by atoms with van der Waals surface area (Å²) in [7, 11) is 0. The Morgan fingerprint density at radius 2 is 1.90 bits per heavy atom. The standard InChI is InChI=1S/C27H28F4N8O2/c1-15-9-21(28)19(24-34-36-39(35-24)18-10-16(11-18)27(29,30)31)13-22(15)33-25(40)20-14-32-38-6-3-17(12-23(20)38)37-7-4-26(2,41)5-8-37/h3,6,9,12-14,16,18,41H,4-5,7-8,10-11H2,1-2H3,(H,33,40)/t16-,18+. The molecule has 1 aromatic carbocycles. The topological polar surface area (TPSA) is 113 Å². The number of nitrogens with one attached hydrogen (secondary N) is 1. The summed E-state index contributed by atoms with van der Waals surface area (Å²) in [6.45, 7) is 4.82. The molecule has 4 aromatic rings. The first kappa shape index (κ1) is 27.1. The van der Waals surface area contributed by atoms with Gasteiger partial charge >= 0.3 is 6.18 Å². The summed E-state index contributed by atoms with van der Waals surface area (Å²) >= 11 is 0. The SMILES string of the molecule is Cc1cc(F)c(-c2nnn([C@H]3C[C@@H](C(F)(F)F)C3)n2)cc1NC(=O)c1cnn2ccc(N3CCC(C)(O)CC3)cc12. The molecule has 216 valence electrons. The van der Waals surface area contributed by atoms with Crippen molar-refractivity contribution >= 4 is 22.8 Å². The number of alkyl halides is 3. The predicted octanol–water partition coefficient (Wildman–Crippen LogP) is 4.55. The number of carbonyl (C=O) groups is 1. The molecule has 0 unspecified atom stereocenters. The lowest BCUT2D eigenvalue weighted by Crippen LogP contribution is -2.42. The first-order chi connectivity index (χ1) is 19.4. The van der Waals surface area contributed by atoms with E-state index in [2.05, 4.69) is 30.7 Å². The van der Waals surface area contributed by atoms with Gasteiger partial charge in [-0.2, -0.15) is 23.1 Å². The van der Waals surface area contributed by atoms with E-state index in [0.29, 0.717) is 48.3 Å². The molecule has 4 heterocycles. The van der Waals surface area contributed by atoms with Crippen molar-refractivity contribution in [1.82, 2.24) is 29.8 Å². The summed E-state index contributed by atoms with van der Waals surface area (Å²) in [5, 5.41) is 29.2. The van der Waals surface area contributed by atoms with Crippen LogP contribution in [0, 0.1) is 18.7 Å². The van der Waals surface area contributed by atoms with Crippen LogP contribution in [-0.4, -0.2) is 65.7 Å². The molecule has 41 heavy (non-hydrogen) atoms. The molecule has 0 atom stereocenters. The summed E-state index contributed by atoms with van der Waals surface area (Å²) in [4.78, 5) is 16.6. The Labute approximate surface area is 231 Å². The maximum absolute atomic E-state index is 14.9. The minimum absolute atomic E-state index is 0.0352. The lowest BCUT2D eigenvalue weighted by Gasteiger charge is -2.37.